The van der Waals surface area contributed by atoms with E-state index in [0.29, 0.717) is 44.5 Å². The smallest absolute Gasteiger partial charge is 0.123 e. The maximum atomic E-state index is 12.2. The summed E-state index contributed by atoms with van der Waals surface area (Å²) in [5.41, 5.74) is 12.8. The van der Waals surface area contributed by atoms with Gasteiger partial charge in [0.05, 0.1) is 0 Å². The van der Waals surface area contributed by atoms with Gasteiger partial charge in [-0.1, -0.05) is 95.1 Å². The summed E-state index contributed by atoms with van der Waals surface area (Å²) in [5, 5.41) is 97.5. The minimum atomic E-state index is -0.913. The van der Waals surface area contributed by atoms with Crippen LogP contribution < -0.4 is 0 Å². The van der Waals surface area contributed by atoms with Gasteiger partial charge in [-0.25, -0.2) is 0 Å². The number of aromatic hydroxyl groups is 8. The van der Waals surface area contributed by atoms with Gasteiger partial charge in [0.1, 0.15) is 46.0 Å². The van der Waals surface area contributed by atoms with E-state index in [4.69, 9.17) is 0 Å². The summed E-state index contributed by atoms with van der Waals surface area (Å²) in [7, 11) is 0. The Morgan fingerprint density at radius 3 is 0.515 bits per heavy atom. The van der Waals surface area contributed by atoms with E-state index in [-0.39, 0.29) is 46.0 Å². The molecule has 8 N–H and O–H groups in total. The van der Waals surface area contributed by atoms with E-state index >= 15 is 0 Å². The van der Waals surface area contributed by atoms with E-state index in [1.54, 1.807) is 24.3 Å². The number of rotatable bonds is 4. The largest absolute Gasteiger partial charge is 0.507 e. The van der Waals surface area contributed by atoms with E-state index in [2.05, 4.69) is 0 Å². The highest BCUT2D eigenvalue weighted by molar-refractivity contribution is 5.68. The van der Waals surface area contributed by atoms with Gasteiger partial charge >= 0.3 is 0 Å². The SMILES string of the molecule is Cc1ccc(C2c3cc(c(O)cc3O)C(c3ccc(C)cc3C)c3cc(c(O)cc3O)[C@H](c3ccc(C)cc3C)c3cc(c(O)cc3O)[C@H](c3ccc(C)cc3C)c3cc2c(O)cc3O)c(C)c1. The molecule has 8 heteroatoms. The zero-order chi connectivity index (χ0) is 48.6. The second kappa shape index (κ2) is 17.1. The summed E-state index contributed by atoms with van der Waals surface area (Å²) in [5.74, 6) is -5.74. The monoisotopic (exact) mass is 904 g/mol. The third-order valence-corrected chi connectivity index (χ3v) is 14.1. The molecule has 9 rings (SSSR count). The fourth-order valence-corrected chi connectivity index (χ4v) is 10.9. The van der Waals surface area contributed by atoms with Crippen molar-refractivity contribution >= 4 is 0 Å². The highest BCUT2D eigenvalue weighted by Gasteiger charge is 2.36. The molecule has 0 spiro atoms. The van der Waals surface area contributed by atoms with E-state index < -0.39 is 23.7 Å². The van der Waals surface area contributed by atoms with Crippen molar-refractivity contribution in [3.05, 3.63) is 233 Å². The van der Waals surface area contributed by atoms with Crippen molar-refractivity contribution in [3.63, 3.8) is 0 Å². The van der Waals surface area contributed by atoms with Gasteiger partial charge in [-0.2, -0.15) is 0 Å². The lowest BCUT2D eigenvalue weighted by Crippen LogP contribution is -2.14. The van der Waals surface area contributed by atoms with Crippen molar-refractivity contribution < 1.29 is 40.9 Å². The zero-order valence-electron chi connectivity index (χ0n) is 39.4. The fraction of sp³-hybridized carbons (Fsp3) is 0.200. The van der Waals surface area contributed by atoms with Crippen molar-refractivity contribution in [1.29, 1.82) is 0 Å². The van der Waals surface area contributed by atoms with Gasteiger partial charge in [0.25, 0.3) is 0 Å². The minimum absolute atomic E-state index is 0.261. The van der Waals surface area contributed by atoms with Crippen LogP contribution in [-0.4, -0.2) is 40.9 Å². The second-order valence-electron chi connectivity index (χ2n) is 19.1. The molecule has 0 radical (unpaired) electrons. The molecule has 1 aliphatic carbocycles. The maximum absolute atomic E-state index is 12.2. The number of fused-ring (bicyclic) bond motifs is 8. The van der Waals surface area contributed by atoms with Gasteiger partial charge in [-0.3, -0.25) is 0 Å². The first kappa shape index (κ1) is 45.3. The molecule has 344 valence electrons. The molecule has 8 bridgehead atoms. The molecule has 8 aromatic carbocycles. The predicted molar refractivity (Wildman–Crippen MR) is 267 cm³/mol. The van der Waals surface area contributed by atoms with Crippen molar-refractivity contribution in [2.75, 3.05) is 0 Å². The van der Waals surface area contributed by atoms with E-state index in [9.17, 15) is 40.9 Å². The van der Waals surface area contributed by atoms with Crippen LogP contribution in [0.1, 0.15) is 135 Å². The average molecular weight is 905 g/mol. The summed E-state index contributed by atoms with van der Waals surface area (Å²) in [6, 6.07) is 35.6. The summed E-state index contributed by atoms with van der Waals surface area (Å²) in [6.45, 7) is 15.7. The van der Waals surface area contributed by atoms with Crippen LogP contribution in [0, 0.1) is 55.4 Å². The van der Waals surface area contributed by atoms with E-state index in [0.717, 1.165) is 66.8 Å². The van der Waals surface area contributed by atoms with Gasteiger partial charge in [0.15, 0.2) is 0 Å². The fourth-order valence-electron chi connectivity index (χ4n) is 10.9. The Hall–Kier alpha value is -7.84. The number of aryl methyl sites for hydroxylation is 8. The van der Waals surface area contributed by atoms with Crippen LogP contribution in [0.4, 0.5) is 0 Å². The van der Waals surface area contributed by atoms with Crippen LogP contribution in [-0.2, 0) is 0 Å². The summed E-state index contributed by atoms with van der Waals surface area (Å²) in [6.07, 6.45) is 0. The lowest BCUT2D eigenvalue weighted by Gasteiger charge is -2.31. The summed E-state index contributed by atoms with van der Waals surface area (Å²) >= 11 is 0. The Morgan fingerprint density at radius 2 is 0.368 bits per heavy atom. The van der Waals surface area contributed by atoms with Gasteiger partial charge in [0, 0.05) is 92.4 Å². The first-order chi connectivity index (χ1) is 32.3. The molecule has 8 aromatic rings. The molecule has 1 aliphatic rings. The second-order valence-corrected chi connectivity index (χ2v) is 19.1. The van der Waals surface area contributed by atoms with Crippen LogP contribution in [0.3, 0.4) is 0 Å². The molecule has 0 fully saturated rings. The molecular formula is C60H56O8. The Balaban J connectivity index is 1.51. The Labute approximate surface area is 397 Å². The van der Waals surface area contributed by atoms with Gasteiger partial charge in [-0.15, -0.1) is 0 Å². The van der Waals surface area contributed by atoms with Gasteiger partial charge < -0.3 is 40.9 Å². The lowest BCUT2D eigenvalue weighted by atomic mass is 9.73. The zero-order valence-corrected chi connectivity index (χ0v) is 39.4. The third-order valence-electron chi connectivity index (χ3n) is 14.1. The van der Waals surface area contributed by atoms with Crippen molar-refractivity contribution in [1.82, 2.24) is 0 Å². The van der Waals surface area contributed by atoms with Crippen LogP contribution in [0.5, 0.6) is 46.0 Å². The molecule has 8 nitrogen and oxygen atoms in total. The number of phenolic OH excluding ortho intramolecular Hbond substituents is 8. The Bertz CT molecular complexity index is 2800. The molecule has 0 saturated heterocycles. The molecule has 68 heavy (non-hydrogen) atoms. The van der Waals surface area contributed by atoms with Gasteiger partial charge in [0.2, 0.25) is 0 Å². The first-order valence-corrected chi connectivity index (χ1v) is 22.8. The normalized spacial score (nSPS) is 16.7. The minimum Gasteiger partial charge on any atom is -0.507 e. The Morgan fingerprint density at radius 1 is 0.206 bits per heavy atom. The molecule has 0 unspecified atom stereocenters. The van der Waals surface area contributed by atoms with E-state index in [1.165, 1.54) is 24.3 Å². The topological polar surface area (TPSA) is 162 Å². The maximum Gasteiger partial charge on any atom is 0.123 e. The number of hydrogen-bond acceptors (Lipinski definition) is 8. The number of benzene rings is 8. The molecular weight excluding hydrogens is 849 g/mol. The van der Waals surface area contributed by atoms with E-state index in [1.807, 2.05) is 128 Å². The molecule has 0 amide bonds. The van der Waals surface area contributed by atoms with Crippen molar-refractivity contribution in [2.24, 2.45) is 0 Å². The molecule has 0 aromatic heterocycles. The molecule has 0 atom stereocenters. The highest BCUT2D eigenvalue weighted by Crippen LogP contribution is 2.54. The van der Waals surface area contributed by atoms with Crippen LogP contribution in [0.15, 0.2) is 121 Å². The summed E-state index contributed by atoms with van der Waals surface area (Å²) < 4.78 is 0. The van der Waals surface area contributed by atoms with Crippen molar-refractivity contribution in [3.8, 4) is 46.0 Å². The van der Waals surface area contributed by atoms with Crippen LogP contribution >= 0.6 is 0 Å². The van der Waals surface area contributed by atoms with Gasteiger partial charge in [-0.05, 0) is 124 Å². The molecule has 0 heterocycles. The third kappa shape index (κ3) is 7.79. The quantitative estimate of drug-likeness (QED) is 0.0866. The number of hydrogen-bond donors (Lipinski definition) is 8. The predicted octanol–water partition coefficient (Wildman–Crippen LogP) is 12.8. The molecule has 0 saturated carbocycles. The van der Waals surface area contributed by atoms with Crippen LogP contribution in [0.25, 0.3) is 0 Å². The standard InChI is InChI=1S/C60H56O8/c1-29-9-13-37(33(5)17-29)57-41-21-43(51(63)25-49(41)61)58(38-14-10-30(2)18-34(38)6)45-23-47(55(67)27-53(45)65)60(40-16-12-32(4)20-36(40)8)48-24-46(54(66)28-56(48)68)59(39-15-11-31(3)19-35(39)7)44-22-42(57)50(62)26-52(44)64/h9-28,57-68H,1-8H3/t57-,58+,59?,60?. The number of phenols is 8. The summed E-state index contributed by atoms with van der Waals surface area (Å²) in [4.78, 5) is 0. The average Bonchev–Trinajstić information content (AvgIpc) is 3.25. The lowest BCUT2D eigenvalue weighted by molar-refractivity contribution is 0.431. The molecule has 0 aliphatic heterocycles. The highest BCUT2D eigenvalue weighted by atomic mass is 16.3. The van der Waals surface area contributed by atoms with Crippen molar-refractivity contribution in [2.45, 2.75) is 79.1 Å². The first-order valence-electron chi connectivity index (χ1n) is 22.8. The van der Waals surface area contributed by atoms with Crippen LogP contribution in [0.2, 0.25) is 0 Å². The Kier molecular flexibility index (Phi) is 11.4.